The molecule has 0 atom stereocenters. The number of aromatic nitrogens is 1. The molecule has 1 aromatic carbocycles. The van der Waals surface area contributed by atoms with Crippen LogP contribution in [0, 0.1) is 5.41 Å². The summed E-state index contributed by atoms with van der Waals surface area (Å²) in [4.78, 5) is 14.5. The summed E-state index contributed by atoms with van der Waals surface area (Å²) in [5.41, 5.74) is 1.13. The molecule has 4 heteroatoms. The summed E-state index contributed by atoms with van der Waals surface area (Å²) < 4.78 is 5.23. The fourth-order valence-electron chi connectivity index (χ4n) is 2.32. The monoisotopic (exact) mass is 272 g/mol. The van der Waals surface area contributed by atoms with E-state index in [1.54, 1.807) is 6.07 Å². The largest absolute Gasteiger partial charge is 0.352 e. The fourth-order valence-corrected chi connectivity index (χ4v) is 2.32. The van der Waals surface area contributed by atoms with Crippen LogP contribution in [-0.2, 0) is 0 Å². The van der Waals surface area contributed by atoms with Gasteiger partial charge in [-0.25, -0.2) is 0 Å². The molecule has 1 aromatic heterocycles. The summed E-state index contributed by atoms with van der Waals surface area (Å²) in [6, 6.07) is 11.4. The molecule has 0 N–H and O–H groups in total. The number of hydrogen-bond acceptors (Lipinski definition) is 4. The van der Waals surface area contributed by atoms with E-state index in [0.29, 0.717) is 18.0 Å². The first kappa shape index (κ1) is 14.5. The van der Waals surface area contributed by atoms with Crippen LogP contribution in [-0.4, -0.2) is 36.5 Å². The molecular weight excluding hydrogens is 252 g/mol. The van der Waals surface area contributed by atoms with Crippen molar-refractivity contribution in [2.24, 2.45) is 5.41 Å². The van der Waals surface area contributed by atoms with Crippen molar-refractivity contribution in [2.75, 3.05) is 20.6 Å². The van der Waals surface area contributed by atoms with Gasteiger partial charge in [0, 0.05) is 23.6 Å². The molecule has 0 fully saturated rings. The molecule has 0 saturated carbocycles. The van der Waals surface area contributed by atoms with Crippen LogP contribution >= 0.6 is 0 Å². The third kappa shape index (κ3) is 3.14. The average Bonchev–Trinajstić information content (AvgIpc) is 2.86. The van der Waals surface area contributed by atoms with Crippen molar-refractivity contribution in [3.63, 3.8) is 0 Å². The van der Waals surface area contributed by atoms with E-state index in [0.717, 1.165) is 5.56 Å². The van der Waals surface area contributed by atoms with Gasteiger partial charge in [-0.05, 0) is 14.1 Å². The van der Waals surface area contributed by atoms with E-state index < -0.39 is 5.41 Å². The number of nitrogens with zero attached hydrogens (tertiary/aromatic N) is 2. The summed E-state index contributed by atoms with van der Waals surface area (Å²) in [7, 11) is 3.90. The molecule has 0 bridgehead atoms. The highest BCUT2D eigenvalue weighted by atomic mass is 16.5. The second kappa shape index (κ2) is 5.59. The first-order valence-electron chi connectivity index (χ1n) is 6.62. The van der Waals surface area contributed by atoms with E-state index in [2.05, 4.69) is 5.16 Å². The lowest BCUT2D eigenvalue weighted by molar-refractivity contribution is 0.0757. The molecule has 1 heterocycles. The third-order valence-electron chi connectivity index (χ3n) is 3.13. The zero-order valence-electron chi connectivity index (χ0n) is 12.4. The molecule has 2 aromatic rings. The number of hydrogen-bond donors (Lipinski definition) is 0. The third-order valence-corrected chi connectivity index (χ3v) is 3.13. The molecule has 4 nitrogen and oxygen atoms in total. The van der Waals surface area contributed by atoms with Crippen LogP contribution in [0.25, 0.3) is 11.3 Å². The van der Waals surface area contributed by atoms with Crippen molar-refractivity contribution in [3.05, 3.63) is 42.2 Å². The lowest BCUT2D eigenvalue weighted by Crippen LogP contribution is -2.35. The zero-order chi connectivity index (χ0) is 14.8. The zero-order valence-corrected chi connectivity index (χ0v) is 12.4. The van der Waals surface area contributed by atoms with E-state index in [4.69, 9.17) is 4.52 Å². The van der Waals surface area contributed by atoms with Crippen LogP contribution in [0.2, 0.25) is 0 Å². The molecule has 0 amide bonds. The van der Waals surface area contributed by atoms with Crippen LogP contribution in [0.4, 0.5) is 0 Å². The van der Waals surface area contributed by atoms with Gasteiger partial charge in [-0.15, -0.1) is 0 Å². The van der Waals surface area contributed by atoms with E-state index >= 15 is 0 Å². The molecule has 0 unspecified atom stereocenters. The Morgan fingerprint density at radius 3 is 2.50 bits per heavy atom. The molecule has 2 rings (SSSR count). The Balaban J connectivity index is 2.23. The average molecular weight is 272 g/mol. The Bertz CT molecular complexity index is 586. The molecule has 0 radical (unpaired) electrons. The van der Waals surface area contributed by atoms with Crippen molar-refractivity contribution in [1.29, 1.82) is 0 Å². The predicted octanol–water partition coefficient (Wildman–Crippen LogP) is 3.11. The van der Waals surface area contributed by atoms with Crippen molar-refractivity contribution in [1.82, 2.24) is 10.1 Å². The Morgan fingerprint density at radius 1 is 1.25 bits per heavy atom. The van der Waals surface area contributed by atoms with Crippen LogP contribution in [0.5, 0.6) is 0 Å². The highest BCUT2D eigenvalue weighted by Crippen LogP contribution is 2.26. The lowest BCUT2D eigenvalue weighted by Gasteiger charge is -2.25. The Labute approximate surface area is 119 Å². The number of Topliss-reactive ketones (excluding diaryl/α,β-unsaturated/α-hetero) is 1. The molecular formula is C16H20N2O2. The van der Waals surface area contributed by atoms with Crippen molar-refractivity contribution in [2.45, 2.75) is 13.8 Å². The molecule has 0 saturated heterocycles. The van der Waals surface area contributed by atoms with Crippen LogP contribution in [0.3, 0.4) is 0 Å². The second-order valence-corrected chi connectivity index (χ2v) is 5.89. The Hall–Kier alpha value is -1.94. The van der Waals surface area contributed by atoms with Gasteiger partial charge in [0.2, 0.25) is 11.5 Å². The van der Waals surface area contributed by atoms with Gasteiger partial charge in [0.05, 0.1) is 0 Å². The van der Waals surface area contributed by atoms with Crippen LogP contribution in [0.15, 0.2) is 40.9 Å². The summed E-state index contributed by atoms with van der Waals surface area (Å²) in [6.07, 6.45) is 0. The van der Waals surface area contributed by atoms with Gasteiger partial charge < -0.3 is 9.42 Å². The SMILES string of the molecule is CN(C)CC(C)(C)C(=O)c1cc(-c2ccccc2)no1. The second-order valence-electron chi connectivity index (χ2n) is 5.89. The normalized spacial score (nSPS) is 11.8. The van der Waals surface area contributed by atoms with E-state index in [1.807, 2.05) is 63.2 Å². The van der Waals surface area contributed by atoms with Gasteiger partial charge in [-0.2, -0.15) is 0 Å². The maximum atomic E-state index is 12.5. The quantitative estimate of drug-likeness (QED) is 0.785. The first-order chi connectivity index (χ1) is 9.40. The van der Waals surface area contributed by atoms with E-state index in [-0.39, 0.29) is 5.78 Å². The van der Waals surface area contributed by atoms with Gasteiger partial charge >= 0.3 is 0 Å². The van der Waals surface area contributed by atoms with Gasteiger partial charge in [-0.1, -0.05) is 49.3 Å². The number of carbonyl (C=O) groups excluding carboxylic acids is 1. The first-order valence-corrected chi connectivity index (χ1v) is 6.62. The van der Waals surface area contributed by atoms with Crippen molar-refractivity contribution < 1.29 is 9.32 Å². The van der Waals surface area contributed by atoms with Gasteiger partial charge in [0.1, 0.15) is 5.69 Å². The van der Waals surface area contributed by atoms with Gasteiger partial charge in [0.25, 0.3) is 0 Å². The summed E-state index contributed by atoms with van der Waals surface area (Å²) in [5.74, 6) is 0.289. The van der Waals surface area contributed by atoms with E-state index in [9.17, 15) is 4.79 Å². The standard InChI is InChI=1S/C16H20N2O2/c1-16(2,11-18(3)4)15(19)14-10-13(17-20-14)12-8-6-5-7-9-12/h5-10H,11H2,1-4H3. The molecule has 0 spiro atoms. The number of benzene rings is 1. The Morgan fingerprint density at radius 2 is 1.90 bits per heavy atom. The van der Waals surface area contributed by atoms with E-state index in [1.165, 1.54) is 0 Å². The summed E-state index contributed by atoms with van der Waals surface area (Å²) in [5, 5.41) is 3.99. The topological polar surface area (TPSA) is 46.3 Å². The summed E-state index contributed by atoms with van der Waals surface area (Å²) >= 11 is 0. The predicted molar refractivity (Wildman–Crippen MR) is 78.6 cm³/mol. The number of rotatable bonds is 5. The van der Waals surface area contributed by atoms with Gasteiger partial charge in [0.15, 0.2) is 0 Å². The fraction of sp³-hybridized carbons (Fsp3) is 0.375. The highest BCUT2D eigenvalue weighted by Gasteiger charge is 2.32. The minimum Gasteiger partial charge on any atom is -0.352 e. The number of ketones is 1. The minimum absolute atomic E-state index is 0.0270. The van der Waals surface area contributed by atoms with Crippen LogP contribution in [0.1, 0.15) is 24.4 Å². The van der Waals surface area contributed by atoms with Crippen molar-refractivity contribution >= 4 is 5.78 Å². The Kier molecular flexibility index (Phi) is 4.04. The molecule has 20 heavy (non-hydrogen) atoms. The van der Waals surface area contributed by atoms with Crippen LogP contribution < -0.4 is 0 Å². The van der Waals surface area contributed by atoms with Gasteiger partial charge in [-0.3, -0.25) is 4.79 Å². The van der Waals surface area contributed by atoms with Crippen molar-refractivity contribution in [3.8, 4) is 11.3 Å². The molecule has 0 aliphatic rings. The molecule has 0 aliphatic heterocycles. The maximum Gasteiger partial charge on any atom is 0.207 e. The highest BCUT2D eigenvalue weighted by molar-refractivity contribution is 5.98. The summed E-state index contributed by atoms with van der Waals surface area (Å²) in [6.45, 7) is 4.49. The maximum absolute atomic E-state index is 12.5. The molecule has 106 valence electrons. The number of carbonyl (C=O) groups is 1. The molecule has 0 aliphatic carbocycles. The smallest absolute Gasteiger partial charge is 0.207 e. The minimum atomic E-state index is -0.503. The lowest BCUT2D eigenvalue weighted by atomic mass is 9.86.